The van der Waals surface area contributed by atoms with Crippen LogP contribution in [0.5, 0.6) is 0 Å². The first-order chi connectivity index (χ1) is 25.2. The Hall–Kier alpha value is -2.40. The summed E-state index contributed by atoms with van der Waals surface area (Å²) in [6.07, 6.45) is 41.4. The lowest BCUT2D eigenvalue weighted by molar-refractivity contribution is -0.163. The monoisotopic (exact) mass is 711 g/mol. The fraction of sp³-hybridized carbons (Fsp3) is 0.739. The van der Waals surface area contributed by atoms with Gasteiger partial charge in [-0.2, -0.15) is 0 Å². The molecule has 0 N–H and O–H groups in total. The highest BCUT2D eigenvalue weighted by atomic mass is 16.6. The molecule has 0 saturated carbocycles. The fourth-order valence-corrected chi connectivity index (χ4v) is 6.18. The minimum absolute atomic E-state index is 0.0385. The van der Waals surface area contributed by atoms with Crippen molar-refractivity contribution in [3.05, 3.63) is 60.2 Å². The third kappa shape index (κ3) is 33.2. The molecule has 51 heavy (non-hydrogen) atoms. The molecule has 1 aromatic rings. The van der Waals surface area contributed by atoms with E-state index in [4.69, 9.17) is 14.2 Å². The third-order valence-corrected chi connectivity index (χ3v) is 9.43. The number of unbranched alkanes of at least 4 members (excludes halogenated alkanes) is 22. The molecule has 0 spiro atoms. The van der Waals surface area contributed by atoms with Crippen LogP contribution in [0, 0.1) is 0 Å². The van der Waals surface area contributed by atoms with Crippen molar-refractivity contribution < 1.29 is 23.8 Å². The summed E-state index contributed by atoms with van der Waals surface area (Å²) in [6, 6.07) is 9.92. The van der Waals surface area contributed by atoms with Crippen molar-refractivity contribution in [2.75, 3.05) is 13.2 Å². The van der Waals surface area contributed by atoms with Gasteiger partial charge in [-0.15, -0.1) is 0 Å². The number of allylic oxidation sites excluding steroid dienone is 4. The van der Waals surface area contributed by atoms with Gasteiger partial charge in [-0.05, 0) is 69.8 Å². The molecule has 0 aliphatic carbocycles. The fourth-order valence-electron chi connectivity index (χ4n) is 6.18. The van der Waals surface area contributed by atoms with E-state index in [1.165, 1.54) is 116 Å². The van der Waals surface area contributed by atoms with Gasteiger partial charge in [0.25, 0.3) is 0 Å². The summed E-state index contributed by atoms with van der Waals surface area (Å²) in [5, 5.41) is 0. The SMILES string of the molecule is CCCCCCCC/C=C\CCCCCCCC(=O)OCC(COCc1ccccc1)OC(=O)CCCCCCC/C=C\CCCCCCCC. The summed E-state index contributed by atoms with van der Waals surface area (Å²) >= 11 is 0. The third-order valence-electron chi connectivity index (χ3n) is 9.43. The van der Waals surface area contributed by atoms with Crippen LogP contribution in [0.1, 0.15) is 199 Å². The molecule has 0 bridgehead atoms. The maximum atomic E-state index is 12.7. The van der Waals surface area contributed by atoms with Gasteiger partial charge < -0.3 is 14.2 Å². The molecule has 5 nitrogen and oxygen atoms in total. The Morgan fingerprint density at radius 1 is 0.510 bits per heavy atom. The lowest BCUT2D eigenvalue weighted by Gasteiger charge is -2.18. The second kappa shape index (κ2) is 37.4. The van der Waals surface area contributed by atoms with E-state index in [1.54, 1.807) is 0 Å². The van der Waals surface area contributed by atoms with Gasteiger partial charge in [0, 0.05) is 12.8 Å². The van der Waals surface area contributed by atoms with Gasteiger partial charge in [-0.1, -0.05) is 171 Å². The van der Waals surface area contributed by atoms with E-state index in [0.717, 1.165) is 56.9 Å². The van der Waals surface area contributed by atoms with Gasteiger partial charge >= 0.3 is 11.9 Å². The second-order valence-electron chi connectivity index (χ2n) is 14.5. The molecule has 1 unspecified atom stereocenters. The maximum absolute atomic E-state index is 12.7. The zero-order valence-electron chi connectivity index (χ0n) is 33.2. The summed E-state index contributed by atoms with van der Waals surface area (Å²) < 4.78 is 17.1. The van der Waals surface area contributed by atoms with E-state index in [-0.39, 0.29) is 25.2 Å². The first-order valence-corrected chi connectivity index (χ1v) is 21.4. The van der Waals surface area contributed by atoms with Crippen molar-refractivity contribution in [2.24, 2.45) is 0 Å². The van der Waals surface area contributed by atoms with Crippen LogP contribution >= 0.6 is 0 Å². The lowest BCUT2D eigenvalue weighted by atomic mass is 10.1. The molecule has 0 radical (unpaired) electrons. The molecule has 0 amide bonds. The summed E-state index contributed by atoms with van der Waals surface area (Å²) in [4.78, 5) is 25.1. The van der Waals surface area contributed by atoms with E-state index in [1.807, 2.05) is 30.3 Å². The molecule has 0 fully saturated rings. The number of carbonyl (C=O) groups excluding carboxylic acids is 2. The Morgan fingerprint density at radius 2 is 0.922 bits per heavy atom. The molecule has 0 heterocycles. The number of ether oxygens (including phenoxy) is 3. The van der Waals surface area contributed by atoms with Crippen LogP contribution < -0.4 is 0 Å². The van der Waals surface area contributed by atoms with Crippen molar-refractivity contribution in [3.8, 4) is 0 Å². The van der Waals surface area contributed by atoms with E-state index in [2.05, 4.69) is 38.2 Å². The Bertz CT molecular complexity index is 956. The zero-order valence-corrected chi connectivity index (χ0v) is 33.2. The molecule has 0 aliphatic rings. The predicted octanol–water partition coefficient (Wildman–Crippen LogP) is 13.7. The number of benzene rings is 1. The van der Waals surface area contributed by atoms with Gasteiger partial charge in [0.1, 0.15) is 6.61 Å². The van der Waals surface area contributed by atoms with Crippen molar-refractivity contribution in [3.63, 3.8) is 0 Å². The lowest BCUT2D eigenvalue weighted by Crippen LogP contribution is -2.29. The van der Waals surface area contributed by atoms with Crippen LogP contribution in [0.4, 0.5) is 0 Å². The van der Waals surface area contributed by atoms with Crippen molar-refractivity contribution in [1.82, 2.24) is 0 Å². The molecule has 0 aliphatic heterocycles. The molecular formula is C46H78O5. The highest BCUT2D eigenvalue weighted by Gasteiger charge is 2.17. The van der Waals surface area contributed by atoms with Crippen LogP contribution in [0.25, 0.3) is 0 Å². The Balaban J connectivity index is 2.17. The van der Waals surface area contributed by atoms with E-state index < -0.39 is 6.10 Å². The summed E-state index contributed by atoms with van der Waals surface area (Å²) in [6.45, 7) is 5.19. The molecule has 1 rings (SSSR count). The summed E-state index contributed by atoms with van der Waals surface area (Å²) in [5.41, 5.74) is 1.05. The summed E-state index contributed by atoms with van der Waals surface area (Å²) in [7, 11) is 0. The minimum Gasteiger partial charge on any atom is -0.462 e. The topological polar surface area (TPSA) is 61.8 Å². The molecule has 0 aromatic heterocycles. The number of esters is 2. The predicted molar refractivity (Wildman–Crippen MR) is 216 cm³/mol. The van der Waals surface area contributed by atoms with Gasteiger partial charge in [0.05, 0.1) is 13.2 Å². The number of rotatable bonds is 37. The molecule has 5 heteroatoms. The van der Waals surface area contributed by atoms with Crippen molar-refractivity contribution >= 4 is 11.9 Å². The molecule has 1 aromatic carbocycles. The standard InChI is InChI=1S/C46H78O5/c1-3-5-7-9-11-13-15-17-19-21-23-25-27-29-34-38-45(47)50-42-44(41-49-40-43-36-32-31-33-37-43)51-46(48)39-35-30-28-26-24-22-20-18-16-14-12-10-8-6-4-2/h17-20,31-33,36-37,44H,3-16,21-30,34-35,38-42H2,1-2H3/b19-17-,20-18-. The Labute approximate surface area is 314 Å². The highest BCUT2D eigenvalue weighted by molar-refractivity contribution is 5.70. The van der Waals surface area contributed by atoms with Gasteiger partial charge in [0.15, 0.2) is 6.10 Å². The largest absolute Gasteiger partial charge is 0.462 e. The van der Waals surface area contributed by atoms with Gasteiger partial charge in [0.2, 0.25) is 0 Å². The van der Waals surface area contributed by atoms with Crippen LogP contribution in [-0.4, -0.2) is 31.3 Å². The minimum atomic E-state index is -0.595. The smallest absolute Gasteiger partial charge is 0.306 e. The van der Waals surface area contributed by atoms with Crippen LogP contribution in [-0.2, 0) is 30.4 Å². The van der Waals surface area contributed by atoms with Crippen LogP contribution in [0.15, 0.2) is 54.6 Å². The number of carbonyl (C=O) groups is 2. The van der Waals surface area contributed by atoms with Crippen LogP contribution in [0.2, 0.25) is 0 Å². The van der Waals surface area contributed by atoms with Crippen molar-refractivity contribution in [1.29, 1.82) is 0 Å². The number of hydrogen-bond acceptors (Lipinski definition) is 5. The Morgan fingerprint density at radius 3 is 1.39 bits per heavy atom. The first-order valence-electron chi connectivity index (χ1n) is 21.4. The first kappa shape index (κ1) is 46.6. The maximum Gasteiger partial charge on any atom is 0.306 e. The van der Waals surface area contributed by atoms with Crippen LogP contribution in [0.3, 0.4) is 0 Å². The van der Waals surface area contributed by atoms with Gasteiger partial charge in [-0.3, -0.25) is 9.59 Å². The average Bonchev–Trinajstić information content (AvgIpc) is 3.14. The zero-order chi connectivity index (χ0) is 36.7. The van der Waals surface area contributed by atoms with Crippen molar-refractivity contribution in [2.45, 2.75) is 206 Å². The van der Waals surface area contributed by atoms with Gasteiger partial charge in [-0.25, -0.2) is 0 Å². The Kier molecular flexibility index (Phi) is 34.2. The van der Waals surface area contributed by atoms with E-state index >= 15 is 0 Å². The second-order valence-corrected chi connectivity index (χ2v) is 14.5. The normalized spacial score (nSPS) is 12.2. The highest BCUT2D eigenvalue weighted by Crippen LogP contribution is 2.13. The average molecular weight is 711 g/mol. The number of hydrogen-bond donors (Lipinski definition) is 0. The quantitative estimate of drug-likeness (QED) is 0.0391. The van der Waals surface area contributed by atoms with E-state index in [9.17, 15) is 9.59 Å². The molecule has 1 atom stereocenters. The molecule has 0 saturated heterocycles. The van der Waals surface area contributed by atoms with E-state index in [0.29, 0.717) is 19.4 Å². The molecule has 292 valence electrons. The summed E-state index contributed by atoms with van der Waals surface area (Å²) in [5.74, 6) is -0.469. The molecular weight excluding hydrogens is 633 g/mol.